The Bertz CT molecular complexity index is 1300. The second kappa shape index (κ2) is 72.8. The Hall–Kier alpha value is -1.66. The zero-order valence-electron chi connectivity index (χ0n) is 56.5. The van der Waals surface area contributed by atoms with E-state index in [2.05, 4.69) is 43.5 Å². The van der Waals surface area contributed by atoms with Gasteiger partial charge in [0.1, 0.15) is 0 Å². The molecule has 0 saturated carbocycles. The van der Waals surface area contributed by atoms with Gasteiger partial charge < -0.3 is 20.3 Å². The summed E-state index contributed by atoms with van der Waals surface area (Å²) in [7, 11) is 0. The average Bonchev–Trinajstić information content (AvgIpc) is 3.49. The molecule has 1 amide bonds. The van der Waals surface area contributed by atoms with E-state index in [-0.39, 0.29) is 18.5 Å². The van der Waals surface area contributed by atoms with Crippen molar-refractivity contribution in [2.45, 2.75) is 443 Å². The fourth-order valence-electron chi connectivity index (χ4n) is 12.2. The number of carbonyl (C=O) groups is 2. The third kappa shape index (κ3) is 69.3. The molecule has 2 unspecified atom stereocenters. The van der Waals surface area contributed by atoms with Gasteiger partial charge in [-0.25, -0.2) is 0 Å². The van der Waals surface area contributed by atoms with Gasteiger partial charge in [-0.3, -0.25) is 9.59 Å². The van der Waals surface area contributed by atoms with Gasteiger partial charge in [-0.05, 0) is 77.0 Å². The van der Waals surface area contributed by atoms with Crippen molar-refractivity contribution in [3.63, 3.8) is 0 Å². The van der Waals surface area contributed by atoms with Crippen LogP contribution >= 0.6 is 0 Å². The van der Waals surface area contributed by atoms with Crippen molar-refractivity contribution in [1.29, 1.82) is 0 Å². The van der Waals surface area contributed by atoms with Crippen molar-refractivity contribution in [3.05, 3.63) is 24.3 Å². The minimum Gasteiger partial charge on any atom is -0.466 e. The first-order valence-corrected chi connectivity index (χ1v) is 38.1. The Kier molecular flexibility index (Phi) is 71.4. The molecule has 492 valence electrons. The number of aliphatic hydroxyl groups excluding tert-OH is 2. The highest BCUT2D eigenvalue weighted by Crippen LogP contribution is 2.19. The van der Waals surface area contributed by atoms with E-state index in [4.69, 9.17) is 4.74 Å². The molecule has 0 heterocycles. The first kappa shape index (κ1) is 81.3. The molecule has 0 aromatic heterocycles. The number of esters is 1. The molecule has 0 aliphatic heterocycles. The highest BCUT2D eigenvalue weighted by molar-refractivity contribution is 5.76. The summed E-state index contributed by atoms with van der Waals surface area (Å²) in [4.78, 5) is 24.7. The Morgan fingerprint density at radius 1 is 0.325 bits per heavy atom. The second-order valence-corrected chi connectivity index (χ2v) is 26.3. The zero-order chi connectivity index (χ0) is 59.9. The first-order valence-electron chi connectivity index (χ1n) is 38.1. The van der Waals surface area contributed by atoms with Gasteiger partial charge in [0.15, 0.2) is 0 Å². The van der Waals surface area contributed by atoms with Crippen molar-refractivity contribution in [1.82, 2.24) is 5.32 Å². The minimum absolute atomic E-state index is 0.0129. The summed E-state index contributed by atoms with van der Waals surface area (Å²) in [6.45, 7) is 4.99. The lowest BCUT2D eigenvalue weighted by molar-refractivity contribution is -0.143. The molecule has 83 heavy (non-hydrogen) atoms. The molecule has 0 rings (SSSR count). The van der Waals surface area contributed by atoms with Gasteiger partial charge in [-0.2, -0.15) is 0 Å². The molecule has 6 nitrogen and oxygen atoms in total. The number of carbonyl (C=O) groups excluding carboxylic acids is 2. The number of unbranched alkanes of at least 4 members (excludes halogenated alkanes) is 57. The molecule has 0 saturated heterocycles. The molecule has 3 N–H and O–H groups in total. The average molecular weight is 1170 g/mol. The Morgan fingerprint density at radius 2 is 0.566 bits per heavy atom. The van der Waals surface area contributed by atoms with Crippen LogP contribution in [0.2, 0.25) is 0 Å². The summed E-state index contributed by atoms with van der Waals surface area (Å²) in [5.41, 5.74) is 0. The van der Waals surface area contributed by atoms with Crippen LogP contribution in [0.5, 0.6) is 0 Å². The smallest absolute Gasteiger partial charge is 0.305 e. The summed E-state index contributed by atoms with van der Waals surface area (Å²) in [6, 6.07) is -0.543. The standard InChI is InChI=1S/C77H149NO5/c1-3-5-7-9-11-13-15-17-19-21-22-23-31-34-38-41-45-49-53-57-61-65-69-75(80)74(73-79)78-76(81)70-66-62-58-54-50-46-42-39-35-32-29-27-25-24-26-28-30-33-36-40-44-48-52-56-60-64-68-72-83-77(82)71-67-63-59-55-51-47-43-37-20-18-16-14-12-10-8-6-4-2/h18,20,24-25,74-75,79-80H,3-17,19,21-23,26-73H2,1-2H3,(H,78,81)/b20-18-,25-24-. The lowest BCUT2D eigenvalue weighted by Gasteiger charge is -2.22. The van der Waals surface area contributed by atoms with Gasteiger partial charge in [0, 0.05) is 12.8 Å². The van der Waals surface area contributed by atoms with Crippen LogP contribution in [-0.4, -0.2) is 47.4 Å². The lowest BCUT2D eigenvalue weighted by Crippen LogP contribution is -2.45. The monoisotopic (exact) mass is 1170 g/mol. The summed E-state index contributed by atoms with van der Waals surface area (Å²) < 4.78 is 5.50. The lowest BCUT2D eigenvalue weighted by atomic mass is 10.0. The highest BCUT2D eigenvalue weighted by Gasteiger charge is 2.20. The van der Waals surface area contributed by atoms with Crippen LogP contribution in [0, 0.1) is 0 Å². The summed E-state index contributed by atoms with van der Waals surface area (Å²) in [5, 5.41) is 23.4. The molecule has 0 aromatic rings. The summed E-state index contributed by atoms with van der Waals surface area (Å²) >= 11 is 0. The van der Waals surface area contributed by atoms with Crippen molar-refractivity contribution < 1.29 is 24.5 Å². The SMILES string of the molecule is CCCCCCCC/C=C\CCCCCCCCCC(=O)OCCCCCCCCCCCCCC/C=C\CCCCCCCCCCCCCC(=O)NC(CO)C(O)CCCCCCCCCCCCCCCCCCCCCCCC. The predicted octanol–water partition coefficient (Wildman–Crippen LogP) is 24.9. The van der Waals surface area contributed by atoms with Crippen LogP contribution in [-0.2, 0) is 14.3 Å². The van der Waals surface area contributed by atoms with Crippen molar-refractivity contribution >= 4 is 11.9 Å². The normalized spacial score (nSPS) is 12.6. The van der Waals surface area contributed by atoms with Crippen LogP contribution in [0.3, 0.4) is 0 Å². The molecule has 0 fully saturated rings. The number of ether oxygens (including phenoxy) is 1. The topological polar surface area (TPSA) is 95.9 Å². The molecule has 0 aliphatic rings. The Labute approximate surface area is 520 Å². The maximum Gasteiger partial charge on any atom is 0.305 e. The Balaban J connectivity index is 3.38. The fourth-order valence-corrected chi connectivity index (χ4v) is 12.2. The van der Waals surface area contributed by atoms with E-state index in [1.807, 2.05) is 0 Å². The van der Waals surface area contributed by atoms with Crippen molar-refractivity contribution in [2.24, 2.45) is 0 Å². The molecule has 0 aliphatic carbocycles. The number of amides is 1. The number of aliphatic hydroxyl groups is 2. The minimum atomic E-state index is -0.666. The third-order valence-electron chi connectivity index (χ3n) is 18.0. The zero-order valence-corrected chi connectivity index (χ0v) is 56.5. The van der Waals surface area contributed by atoms with E-state index in [1.54, 1.807) is 0 Å². The largest absolute Gasteiger partial charge is 0.466 e. The van der Waals surface area contributed by atoms with Crippen molar-refractivity contribution in [2.75, 3.05) is 13.2 Å². The predicted molar refractivity (Wildman–Crippen MR) is 366 cm³/mol. The maximum absolute atomic E-state index is 12.6. The van der Waals surface area contributed by atoms with Crippen LogP contribution in [0.25, 0.3) is 0 Å². The van der Waals surface area contributed by atoms with Gasteiger partial charge in [0.2, 0.25) is 5.91 Å². The molecular weight excluding hydrogens is 1020 g/mol. The molecule has 0 radical (unpaired) electrons. The second-order valence-electron chi connectivity index (χ2n) is 26.3. The van der Waals surface area contributed by atoms with E-state index < -0.39 is 12.1 Å². The molecule has 2 atom stereocenters. The fraction of sp³-hybridized carbons (Fsp3) is 0.922. The number of hydrogen-bond acceptors (Lipinski definition) is 5. The van der Waals surface area contributed by atoms with E-state index in [1.165, 1.54) is 353 Å². The summed E-state index contributed by atoms with van der Waals surface area (Å²) in [6.07, 6.45) is 92.5. The number of hydrogen-bond donors (Lipinski definition) is 3. The number of rotatable bonds is 72. The number of allylic oxidation sites excluding steroid dienone is 4. The Morgan fingerprint density at radius 3 is 0.855 bits per heavy atom. The highest BCUT2D eigenvalue weighted by atomic mass is 16.5. The molecule has 0 bridgehead atoms. The van der Waals surface area contributed by atoms with Crippen LogP contribution in [0.1, 0.15) is 431 Å². The van der Waals surface area contributed by atoms with Crippen LogP contribution < -0.4 is 5.32 Å². The van der Waals surface area contributed by atoms with E-state index in [0.29, 0.717) is 25.9 Å². The summed E-state index contributed by atoms with van der Waals surface area (Å²) in [5.74, 6) is -0.0179. The van der Waals surface area contributed by atoms with E-state index in [9.17, 15) is 19.8 Å². The number of nitrogens with one attached hydrogen (secondary N) is 1. The van der Waals surface area contributed by atoms with Gasteiger partial charge in [0.25, 0.3) is 0 Å². The quantitative estimate of drug-likeness (QED) is 0.0320. The molecule has 0 aromatic carbocycles. The van der Waals surface area contributed by atoms with Crippen LogP contribution in [0.15, 0.2) is 24.3 Å². The molecular formula is C77H149NO5. The van der Waals surface area contributed by atoms with Gasteiger partial charge in [0.05, 0.1) is 25.4 Å². The van der Waals surface area contributed by atoms with Crippen molar-refractivity contribution in [3.8, 4) is 0 Å². The third-order valence-corrected chi connectivity index (χ3v) is 18.0. The van der Waals surface area contributed by atoms with E-state index in [0.717, 1.165) is 44.9 Å². The first-order chi connectivity index (χ1) is 41.0. The van der Waals surface area contributed by atoms with Crippen LogP contribution in [0.4, 0.5) is 0 Å². The maximum atomic E-state index is 12.6. The molecule has 6 heteroatoms. The van der Waals surface area contributed by atoms with Gasteiger partial charge in [-0.1, -0.05) is 366 Å². The van der Waals surface area contributed by atoms with E-state index >= 15 is 0 Å². The molecule has 0 spiro atoms. The van der Waals surface area contributed by atoms with Gasteiger partial charge in [-0.15, -0.1) is 0 Å². The van der Waals surface area contributed by atoms with Gasteiger partial charge >= 0.3 is 5.97 Å².